The molecular weight excluding hydrogens is 404 g/mol. The van der Waals surface area contributed by atoms with Crippen LogP contribution in [-0.4, -0.2) is 17.7 Å². The number of benzene rings is 3. The standard InChI is InChI=1S/C27H24O5/c1-5-19-16-22(20-6-11-23(12-7-20)31-26(29)17(2)3)10-15-25(19)21-8-13-24(14-9-21)32-27(30)18(4)28/h6-16H,2,5H2,1,3-4H3. The Morgan fingerprint density at radius 1 is 0.719 bits per heavy atom. The van der Waals surface area contributed by atoms with Crippen molar-refractivity contribution in [2.75, 3.05) is 0 Å². The van der Waals surface area contributed by atoms with Gasteiger partial charge in [0.25, 0.3) is 0 Å². The van der Waals surface area contributed by atoms with Crippen LogP contribution in [0.1, 0.15) is 26.3 Å². The van der Waals surface area contributed by atoms with Crippen molar-refractivity contribution < 1.29 is 23.9 Å². The second-order valence-electron chi connectivity index (χ2n) is 7.39. The first-order valence-corrected chi connectivity index (χ1v) is 10.2. The van der Waals surface area contributed by atoms with Gasteiger partial charge in [-0.05, 0) is 65.4 Å². The number of hydrogen-bond acceptors (Lipinski definition) is 5. The molecule has 0 heterocycles. The van der Waals surface area contributed by atoms with E-state index in [1.807, 2.05) is 30.3 Å². The molecule has 162 valence electrons. The van der Waals surface area contributed by atoms with Crippen LogP contribution in [-0.2, 0) is 20.8 Å². The lowest BCUT2D eigenvalue weighted by Crippen LogP contribution is -2.16. The maximum absolute atomic E-state index is 11.7. The molecule has 0 aromatic heterocycles. The molecule has 3 aromatic carbocycles. The second-order valence-corrected chi connectivity index (χ2v) is 7.39. The fraction of sp³-hybridized carbons (Fsp3) is 0.148. The zero-order chi connectivity index (χ0) is 23.3. The Morgan fingerprint density at radius 2 is 1.22 bits per heavy atom. The Labute approximate surface area is 187 Å². The zero-order valence-electron chi connectivity index (χ0n) is 18.3. The molecule has 0 atom stereocenters. The average molecular weight is 428 g/mol. The highest BCUT2D eigenvalue weighted by Crippen LogP contribution is 2.31. The van der Waals surface area contributed by atoms with Gasteiger partial charge in [-0.25, -0.2) is 9.59 Å². The van der Waals surface area contributed by atoms with Gasteiger partial charge in [-0.2, -0.15) is 0 Å². The van der Waals surface area contributed by atoms with Crippen molar-refractivity contribution in [2.24, 2.45) is 0 Å². The number of hydrogen-bond donors (Lipinski definition) is 0. The van der Waals surface area contributed by atoms with E-state index >= 15 is 0 Å². The molecule has 0 aliphatic heterocycles. The van der Waals surface area contributed by atoms with Gasteiger partial charge in [0, 0.05) is 12.5 Å². The number of ketones is 1. The molecule has 0 unspecified atom stereocenters. The van der Waals surface area contributed by atoms with Crippen molar-refractivity contribution in [3.05, 3.63) is 84.4 Å². The van der Waals surface area contributed by atoms with Crippen LogP contribution in [0.4, 0.5) is 0 Å². The Balaban J connectivity index is 1.82. The van der Waals surface area contributed by atoms with Gasteiger partial charge < -0.3 is 9.47 Å². The molecule has 5 nitrogen and oxygen atoms in total. The first-order valence-electron chi connectivity index (χ1n) is 10.2. The van der Waals surface area contributed by atoms with E-state index in [1.165, 1.54) is 6.92 Å². The number of Topliss-reactive ketones (excluding diaryl/α,β-unsaturated/α-hetero) is 1. The van der Waals surface area contributed by atoms with E-state index in [1.54, 1.807) is 31.2 Å². The first-order chi connectivity index (χ1) is 15.3. The van der Waals surface area contributed by atoms with E-state index in [0.717, 1.165) is 34.2 Å². The maximum atomic E-state index is 11.7. The molecule has 0 saturated heterocycles. The van der Waals surface area contributed by atoms with Crippen LogP contribution < -0.4 is 9.47 Å². The van der Waals surface area contributed by atoms with Crippen LogP contribution in [0.25, 0.3) is 22.3 Å². The third-order valence-corrected chi connectivity index (χ3v) is 4.90. The molecule has 0 bridgehead atoms. The summed E-state index contributed by atoms with van der Waals surface area (Å²) in [6.07, 6.45) is 0.832. The van der Waals surface area contributed by atoms with E-state index < -0.39 is 17.7 Å². The van der Waals surface area contributed by atoms with Crippen molar-refractivity contribution in [3.8, 4) is 33.8 Å². The van der Waals surface area contributed by atoms with E-state index in [2.05, 4.69) is 25.6 Å². The maximum Gasteiger partial charge on any atom is 0.379 e. The first kappa shape index (κ1) is 22.7. The summed E-state index contributed by atoms with van der Waals surface area (Å²) in [4.78, 5) is 34.2. The number of carbonyl (C=O) groups is 3. The molecule has 0 aliphatic carbocycles. The summed E-state index contributed by atoms with van der Waals surface area (Å²) in [7, 11) is 0. The van der Waals surface area contributed by atoms with Gasteiger partial charge >= 0.3 is 11.9 Å². The van der Waals surface area contributed by atoms with Crippen molar-refractivity contribution in [3.63, 3.8) is 0 Å². The normalized spacial score (nSPS) is 10.3. The van der Waals surface area contributed by atoms with Gasteiger partial charge in [-0.1, -0.05) is 56.0 Å². The SMILES string of the molecule is C=C(C)C(=O)Oc1ccc(-c2ccc(-c3ccc(OC(=O)C(C)=O)cc3)c(CC)c2)cc1. The molecule has 0 N–H and O–H groups in total. The summed E-state index contributed by atoms with van der Waals surface area (Å²) >= 11 is 0. The molecule has 0 spiro atoms. The zero-order valence-corrected chi connectivity index (χ0v) is 18.3. The third kappa shape index (κ3) is 5.38. The highest BCUT2D eigenvalue weighted by atomic mass is 16.5. The van der Waals surface area contributed by atoms with E-state index in [-0.39, 0.29) is 0 Å². The van der Waals surface area contributed by atoms with Gasteiger partial charge in [0.2, 0.25) is 5.78 Å². The number of aryl methyl sites for hydroxylation is 1. The van der Waals surface area contributed by atoms with E-state index in [9.17, 15) is 14.4 Å². The van der Waals surface area contributed by atoms with Crippen molar-refractivity contribution in [1.82, 2.24) is 0 Å². The monoisotopic (exact) mass is 428 g/mol. The molecule has 5 heteroatoms. The predicted octanol–water partition coefficient (Wildman–Crippen LogP) is 5.56. The van der Waals surface area contributed by atoms with Gasteiger partial charge in [0.1, 0.15) is 11.5 Å². The van der Waals surface area contributed by atoms with Crippen LogP contribution >= 0.6 is 0 Å². The molecular formula is C27H24O5. The number of carbonyl (C=O) groups excluding carboxylic acids is 3. The number of esters is 2. The molecule has 0 radical (unpaired) electrons. The summed E-state index contributed by atoms with van der Waals surface area (Å²) in [5, 5.41) is 0. The Morgan fingerprint density at radius 3 is 1.72 bits per heavy atom. The number of rotatable bonds is 7. The average Bonchev–Trinajstić information content (AvgIpc) is 2.79. The minimum absolute atomic E-state index is 0.330. The Bertz CT molecular complexity index is 1170. The van der Waals surface area contributed by atoms with Crippen LogP contribution in [0.15, 0.2) is 78.9 Å². The Hall–Kier alpha value is -3.99. The molecule has 32 heavy (non-hydrogen) atoms. The molecule has 3 aromatic rings. The topological polar surface area (TPSA) is 69.7 Å². The smallest absolute Gasteiger partial charge is 0.379 e. The van der Waals surface area contributed by atoms with Crippen LogP contribution in [0.2, 0.25) is 0 Å². The van der Waals surface area contributed by atoms with E-state index in [4.69, 9.17) is 9.47 Å². The van der Waals surface area contributed by atoms with Gasteiger partial charge in [0.05, 0.1) is 0 Å². The fourth-order valence-corrected chi connectivity index (χ4v) is 3.14. The largest absolute Gasteiger partial charge is 0.423 e. The molecule has 0 aliphatic rings. The fourth-order valence-electron chi connectivity index (χ4n) is 3.14. The lowest BCUT2D eigenvalue weighted by Gasteiger charge is -2.12. The van der Waals surface area contributed by atoms with Crippen LogP contribution in [0.3, 0.4) is 0 Å². The molecule has 0 saturated carbocycles. The van der Waals surface area contributed by atoms with Gasteiger partial charge in [0.15, 0.2) is 0 Å². The van der Waals surface area contributed by atoms with Gasteiger partial charge in [-0.15, -0.1) is 0 Å². The summed E-state index contributed by atoms with van der Waals surface area (Å²) < 4.78 is 10.3. The molecule has 0 fully saturated rings. The van der Waals surface area contributed by atoms with E-state index in [0.29, 0.717) is 17.1 Å². The third-order valence-electron chi connectivity index (χ3n) is 4.90. The summed E-state index contributed by atoms with van der Waals surface area (Å²) in [5.41, 5.74) is 5.63. The summed E-state index contributed by atoms with van der Waals surface area (Å²) in [6, 6.07) is 20.6. The molecule has 3 rings (SSSR count). The lowest BCUT2D eigenvalue weighted by atomic mass is 9.93. The lowest BCUT2D eigenvalue weighted by molar-refractivity contribution is -0.146. The summed E-state index contributed by atoms with van der Waals surface area (Å²) in [6.45, 7) is 8.45. The van der Waals surface area contributed by atoms with Crippen molar-refractivity contribution >= 4 is 17.7 Å². The van der Waals surface area contributed by atoms with Crippen LogP contribution in [0.5, 0.6) is 11.5 Å². The number of ether oxygens (including phenoxy) is 2. The minimum atomic E-state index is -0.878. The summed E-state index contributed by atoms with van der Waals surface area (Å²) in [5.74, 6) is -1.16. The predicted molar refractivity (Wildman–Crippen MR) is 123 cm³/mol. The molecule has 0 amide bonds. The Kier molecular flexibility index (Phi) is 7.00. The second kappa shape index (κ2) is 9.88. The minimum Gasteiger partial charge on any atom is -0.423 e. The highest BCUT2D eigenvalue weighted by Gasteiger charge is 2.12. The van der Waals surface area contributed by atoms with Crippen molar-refractivity contribution in [2.45, 2.75) is 27.2 Å². The highest BCUT2D eigenvalue weighted by molar-refractivity contribution is 6.33. The van der Waals surface area contributed by atoms with Crippen LogP contribution in [0, 0.1) is 0 Å². The quantitative estimate of drug-likeness (QED) is 0.213. The van der Waals surface area contributed by atoms with Gasteiger partial charge in [-0.3, -0.25) is 4.79 Å². The van der Waals surface area contributed by atoms with Crippen molar-refractivity contribution in [1.29, 1.82) is 0 Å².